The van der Waals surface area contributed by atoms with Crippen molar-refractivity contribution in [2.24, 2.45) is 0 Å². The number of thiophene rings is 1. The fraction of sp³-hybridized carbons (Fsp3) is 0.615. The number of piperidine rings is 1. The lowest BCUT2D eigenvalue weighted by Crippen LogP contribution is -2.42. The van der Waals surface area contributed by atoms with Gasteiger partial charge in [-0.1, -0.05) is 11.6 Å². The number of carbonyl (C=O) groups is 1. The van der Waals surface area contributed by atoms with Crippen molar-refractivity contribution in [3.05, 3.63) is 21.3 Å². The molecule has 5 heteroatoms. The first-order chi connectivity index (χ1) is 8.69. The third kappa shape index (κ3) is 3.79. The zero-order valence-corrected chi connectivity index (χ0v) is 12.1. The quantitative estimate of drug-likeness (QED) is 0.780. The first-order valence-corrected chi connectivity index (χ1v) is 7.51. The smallest absolute Gasteiger partial charge is 0.186 e. The van der Waals surface area contributed by atoms with Crippen LogP contribution in [0.5, 0.6) is 0 Å². The molecule has 1 fully saturated rings. The molecule has 0 bridgehead atoms. The Labute approximate surface area is 117 Å². The molecule has 1 atom stereocenters. The Bertz CT molecular complexity index is 405. The highest BCUT2D eigenvalue weighted by atomic mass is 35.5. The third-order valence-electron chi connectivity index (χ3n) is 3.08. The molecule has 0 spiro atoms. The standard InChI is InChI=1S/C13H18ClNO2S/c1-2-17-10-4-3-7-15(8-10)9-11(16)12-5-6-13(14)18-12/h5-6,10H,2-4,7-9H2,1H3. The van der Waals surface area contributed by atoms with E-state index in [9.17, 15) is 4.79 Å². The Morgan fingerprint density at radius 1 is 1.61 bits per heavy atom. The predicted octanol–water partition coefficient (Wildman–Crippen LogP) is 3.09. The molecule has 3 nitrogen and oxygen atoms in total. The predicted molar refractivity (Wildman–Crippen MR) is 74.7 cm³/mol. The van der Waals surface area contributed by atoms with Gasteiger partial charge in [0.2, 0.25) is 0 Å². The van der Waals surface area contributed by atoms with Gasteiger partial charge in [0.1, 0.15) is 0 Å². The van der Waals surface area contributed by atoms with Crippen LogP contribution < -0.4 is 0 Å². The second-order valence-corrected chi connectivity index (χ2v) is 6.20. The van der Waals surface area contributed by atoms with Crippen LogP contribution in [0.25, 0.3) is 0 Å². The maximum absolute atomic E-state index is 12.1. The summed E-state index contributed by atoms with van der Waals surface area (Å²) in [5, 5.41) is 0. The average molecular weight is 288 g/mol. The summed E-state index contributed by atoms with van der Waals surface area (Å²) in [6, 6.07) is 3.58. The Kier molecular flexibility index (Phi) is 5.18. The number of ether oxygens (including phenoxy) is 1. The van der Waals surface area contributed by atoms with Crippen molar-refractivity contribution in [1.82, 2.24) is 4.90 Å². The van der Waals surface area contributed by atoms with Gasteiger partial charge in [-0.2, -0.15) is 0 Å². The minimum Gasteiger partial charge on any atom is -0.377 e. The first kappa shape index (κ1) is 14.0. The Hall–Kier alpha value is -0.420. The van der Waals surface area contributed by atoms with E-state index in [2.05, 4.69) is 4.90 Å². The Balaban J connectivity index is 1.87. The van der Waals surface area contributed by atoms with Gasteiger partial charge < -0.3 is 4.74 Å². The molecular weight excluding hydrogens is 270 g/mol. The van der Waals surface area contributed by atoms with Crippen molar-refractivity contribution in [3.8, 4) is 0 Å². The molecule has 0 aliphatic carbocycles. The normalized spacial score (nSPS) is 21.1. The lowest BCUT2D eigenvalue weighted by Gasteiger charge is -2.31. The minimum absolute atomic E-state index is 0.157. The van der Waals surface area contributed by atoms with Crippen LogP contribution >= 0.6 is 22.9 Å². The SMILES string of the molecule is CCOC1CCCN(CC(=O)c2ccc(Cl)s2)C1. The number of likely N-dealkylation sites (tertiary alicyclic amines) is 1. The molecule has 0 N–H and O–H groups in total. The molecule has 1 aromatic heterocycles. The van der Waals surface area contributed by atoms with E-state index in [1.165, 1.54) is 11.3 Å². The average Bonchev–Trinajstić information content (AvgIpc) is 2.77. The summed E-state index contributed by atoms with van der Waals surface area (Å²) in [6.45, 7) is 5.07. The van der Waals surface area contributed by atoms with E-state index in [0.29, 0.717) is 10.9 Å². The van der Waals surface area contributed by atoms with E-state index >= 15 is 0 Å². The van der Waals surface area contributed by atoms with Crippen molar-refractivity contribution < 1.29 is 9.53 Å². The zero-order chi connectivity index (χ0) is 13.0. The molecule has 1 aliphatic heterocycles. The summed E-state index contributed by atoms with van der Waals surface area (Å²) in [7, 11) is 0. The van der Waals surface area contributed by atoms with Crippen LogP contribution in [0.4, 0.5) is 0 Å². The summed E-state index contributed by atoms with van der Waals surface area (Å²) in [6.07, 6.45) is 2.48. The highest BCUT2D eigenvalue weighted by Crippen LogP contribution is 2.22. The molecular formula is C13H18ClNO2S. The maximum Gasteiger partial charge on any atom is 0.186 e. The molecule has 1 aliphatic rings. The molecule has 18 heavy (non-hydrogen) atoms. The van der Waals surface area contributed by atoms with Crippen LogP contribution in [-0.2, 0) is 4.74 Å². The molecule has 2 rings (SSSR count). The van der Waals surface area contributed by atoms with Crippen molar-refractivity contribution in [2.45, 2.75) is 25.9 Å². The lowest BCUT2D eigenvalue weighted by atomic mass is 10.1. The van der Waals surface area contributed by atoms with Gasteiger partial charge in [-0.15, -0.1) is 11.3 Å². The van der Waals surface area contributed by atoms with E-state index < -0.39 is 0 Å². The van der Waals surface area contributed by atoms with E-state index in [-0.39, 0.29) is 11.9 Å². The van der Waals surface area contributed by atoms with E-state index in [4.69, 9.17) is 16.3 Å². The molecule has 1 saturated heterocycles. The number of carbonyl (C=O) groups excluding carboxylic acids is 1. The lowest BCUT2D eigenvalue weighted by molar-refractivity contribution is 0.00722. The molecule has 0 aromatic carbocycles. The fourth-order valence-corrected chi connectivity index (χ4v) is 3.25. The Morgan fingerprint density at radius 2 is 2.44 bits per heavy atom. The summed E-state index contributed by atoms with van der Waals surface area (Å²) in [5.41, 5.74) is 0. The van der Waals surface area contributed by atoms with Gasteiger partial charge in [0.25, 0.3) is 0 Å². The summed E-state index contributed by atoms with van der Waals surface area (Å²) >= 11 is 7.20. The monoisotopic (exact) mass is 287 g/mol. The van der Waals surface area contributed by atoms with Crippen LogP contribution in [0, 0.1) is 0 Å². The van der Waals surface area contributed by atoms with E-state index in [1.807, 2.05) is 6.92 Å². The minimum atomic E-state index is 0.157. The number of halogens is 1. The van der Waals surface area contributed by atoms with Gasteiger partial charge in [0, 0.05) is 13.2 Å². The largest absolute Gasteiger partial charge is 0.377 e. The number of hydrogen-bond acceptors (Lipinski definition) is 4. The van der Waals surface area contributed by atoms with E-state index in [0.717, 1.165) is 37.4 Å². The van der Waals surface area contributed by atoms with Crippen LogP contribution in [-0.4, -0.2) is 43.0 Å². The first-order valence-electron chi connectivity index (χ1n) is 6.31. The van der Waals surface area contributed by atoms with Crippen LogP contribution in [0.15, 0.2) is 12.1 Å². The van der Waals surface area contributed by atoms with Crippen molar-refractivity contribution in [2.75, 3.05) is 26.2 Å². The number of Topliss-reactive ketones (excluding diaryl/α,β-unsaturated/α-hetero) is 1. The molecule has 0 amide bonds. The molecule has 0 saturated carbocycles. The molecule has 0 radical (unpaired) electrons. The number of nitrogens with zero attached hydrogens (tertiary/aromatic N) is 1. The number of ketones is 1. The van der Waals surface area contributed by atoms with Crippen molar-refractivity contribution in [3.63, 3.8) is 0 Å². The van der Waals surface area contributed by atoms with Gasteiger partial charge in [-0.05, 0) is 38.4 Å². The molecule has 100 valence electrons. The Morgan fingerprint density at radius 3 is 3.11 bits per heavy atom. The van der Waals surface area contributed by atoms with Gasteiger partial charge in [0.05, 0.1) is 21.9 Å². The van der Waals surface area contributed by atoms with Gasteiger partial charge in [-0.25, -0.2) is 0 Å². The van der Waals surface area contributed by atoms with Crippen molar-refractivity contribution in [1.29, 1.82) is 0 Å². The summed E-state index contributed by atoms with van der Waals surface area (Å²) in [4.78, 5) is 15.0. The van der Waals surface area contributed by atoms with Crippen LogP contribution in [0.1, 0.15) is 29.4 Å². The van der Waals surface area contributed by atoms with Gasteiger partial charge in [-0.3, -0.25) is 9.69 Å². The number of hydrogen-bond donors (Lipinski definition) is 0. The zero-order valence-electron chi connectivity index (χ0n) is 10.5. The van der Waals surface area contributed by atoms with Crippen molar-refractivity contribution >= 4 is 28.7 Å². The maximum atomic E-state index is 12.1. The topological polar surface area (TPSA) is 29.5 Å². The highest BCUT2D eigenvalue weighted by Gasteiger charge is 2.22. The van der Waals surface area contributed by atoms with Gasteiger partial charge in [0.15, 0.2) is 5.78 Å². The van der Waals surface area contributed by atoms with Crippen LogP contribution in [0.3, 0.4) is 0 Å². The second-order valence-electron chi connectivity index (χ2n) is 4.48. The number of rotatable bonds is 5. The second kappa shape index (κ2) is 6.66. The third-order valence-corrected chi connectivity index (χ3v) is 4.35. The van der Waals surface area contributed by atoms with Gasteiger partial charge >= 0.3 is 0 Å². The molecule has 2 heterocycles. The highest BCUT2D eigenvalue weighted by molar-refractivity contribution is 7.18. The fourth-order valence-electron chi connectivity index (χ4n) is 2.27. The molecule has 1 aromatic rings. The van der Waals surface area contributed by atoms with Crippen LogP contribution in [0.2, 0.25) is 4.34 Å². The summed E-state index contributed by atoms with van der Waals surface area (Å²) < 4.78 is 6.30. The molecule has 1 unspecified atom stereocenters. The van der Waals surface area contributed by atoms with E-state index in [1.54, 1.807) is 12.1 Å². The summed E-state index contributed by atoms with van der Waals surface area (Å²) in [5.74, 6) is 0.157.